The molecule has 2 fully saturated rings. The number of hydrogen-bond acceptors (Lipinski definition) is 5. The normalized spacial score (nSPS) is 22.5. The first-order valence-corrected chi connectivity index (χ1v) is 12.6. The smallest absolute Gasteiger partial charge is 0.333 e. The van der Waals surface area contributed by atoms with Gasteiger partial charge in [0.15, 0.2) is 0 Å². The van der Waals surface area contributed by atoms with Gasteiger partial charge in [-0.05, 0) is 74.0 Å². The summed E-state index contributed by atoms with van der Waals surface area (Å²) in [7, 11) is -1.94. The maximum absolute atomic E-state index is 12.9. The lowest BCUT2D eigenvalue weighted by Crippen LogP contribution is -2.45. The van der Waals surface area contributed by atoms with Crippen molar-refractivity contribution in [1.29, 1.82) is 0 Å². The van der Waals surface area contributed by atoms with Crippen LogP contribution in [0.15, 0.2) is 30.5 Å². The predicted molar refractivity (Wildman–Crippen MR) is 125 cm³/mol. The summed E-state index contributed by atoms with van der Waals surface area (Å²) in [5.74, 6) is 0.567. The molecule has 0 bridgehead atoms. The first kappa shape index (κ1) is 21.8. The Labute approximate surface area is 193 Å². The first-order chi connectivity index (χ1) is 15.9. The number of hydrogen-bond donors (Lipinski definition) is 2. The Bertz CT molecular complexity index is 1260. The molecule has 2 unspecified atom stereocenters. The lowest BCUT2D eigenvalue weighted by atomic mass is 9.98. The minimum Gasteiger partial charge on any atom is -0.361 e. The van der Waals surface area contributed by atoms with E-state index >= 15 is 0 Å². The van der Waals surface area contributed by atoms with E-state index in [0.29, 0.717) is 24.7 Å². The molecule has 172 valence electrons. The van der Waals surface area contributed by atoms with Crippen LogP contribution in [0.25, 0.3) is 16.0 Å². The van der Waals surface area contributed by atoms with E-state index in [2.05, 4.69) is 24.8 Å². The Kier molecular flexibility index (Phi) is 5.56. The molecular formula is C23H26N6O3S. The van der Waals surface area contributed by atoms with E-state index in [1.165, 1.54) is 4.31 Å². The second-order valence-electron chi connectivity index (χ2n) is 8.97. The van der Waals surface area contributed by atoms with Gasteiger partial charge in [0.2, 0.25) is 0 Å². The van der Waals surface area contributed by atoms with Crippen LogP contribution >= 0.6 is 0 Å². The molecule has 1 aromatic carbocycles. The van der Waals surface area contributed by atoms with Crippen LogP contribution in [0, 0.1) is 12.5 Å². The van der Waals surface area contributed by atoms with E-state index in [1.54, 1.807) is 18.3 Å². The zero-order valence-corrected chi connectivity index (χ0v) is 19.2. The Hall–Kier alpha value is -3.00. The van der Waals surface area contributed by atoms with Crippen LogP contribution in [0.5, 0.6) is 0 Å². The van der Waals surface area contributed by atoms with Crippen molar-refractivity contribution in [1.82, 2.24) is 18.9 Å². The number of urea groups is 1. The lowest BCUT2D eigenvalue weighted by Gasteiger charge is -2.21. The number of amides is 2. The average molecular weight is 467 g/mol. The monoisotopic (exact) mass is 466 g/mol. The van der Waals surface area contributed by atoms with Gasteiger partial charge in [0.25, 0.3) is 5.82 Å². The molecular weight excluding hydrogens is 440 g/mol. The standard InChI is InChI=1S/C23H26N6O3S/c1-24-21-12-16(8-10-25-21)19-7-6-15-4-3-5-18(15)22(19)26-23(30)27-33(31,32)29-13-17-9-11-28(2)20(17)14-29/h6-8,10,12,17,20H,3-5,9,11,13-14H2,2H3,(H2,26,27,30). The largest absolute Gasteiger partial charge is 0.361 e. The summed E-state index contributed by atoms with van der Waals surface area (Å²) in [6, 6.07) is 6.83. The number of benzene rings is 1. The molecule has 2 saturated heterocycles. The fourth-order valence-electron chi connectivity index (χ4n) is 5.35. The molecule has 2 amide bonds. The highest BCUT2D eigenvalue weighted by atomic mass is 32.2. The molecule has 2 aliphatic heterocycles. The number of aryl methyl sites for hydroxylation is 1. The van der Waals surface area contributed by atoms with Gasteiger partial charge in [0.05, 0.1) is 5.69 Å². The summed E-state index contributed by atoms with van der Waals surface area (Å²) in [4.78, 5) is 22.5. The molecule has 0 radical (unpaired) electrons. The average Bonchev–Trinajstić information content (AvgIpc) is 3.51. The van der Waals surface area contributed by atoms with Crippen LogP contribution in [-0.4, -0.2) is 61.4 Å². The highest BCUT2D eigenvalue weighted by Crippen LogP contribution is 2.38. The summed E-state index contributed by atoms with van der Waals surface area (Å²) < 4.78 is 29.5. The van der Waals surface area contributed by atoms with Crippen LogP contribution in [0.1, 0.15) is 24.0 Å². The van der Waals surface area contributed by atoms with E-state index in [4.69, 9.17) is 6.57 Å². The molecule has 3 heterocycles. The topological polar surface area (TPSA) is 99.0 Å². The number of rotatable bonds is 4. The second-order valence-corrected chi connectivity index (χ2v) is 10.6. The van der Waals surface area contributed by atoms with Crippen LogP contribution in [-0.2, 0) is 23.1 Å². The molecule has 5 rings (SSSR count). The number of nitrogens with zero attached hydrogens (tertiary/aromatic N) is 4. The Morgan fingerprint density at radius 1 is 1.24 bits per heavy atom. The zero-order chi connectivity index (χ0) is 23.2. The molecule has 10 heteroatoms. The second kappa shape index (κ2) is 8.41. The van der Waals surface area contributed by atoms with Gasteiger partial charge in [0.1, 0.15) is 6.20 Å². The minimum absolute atomic E-state index is 0.206. The third kappa shape index (κ3) is 4.08. The Morgan fingerprint density at radius 3 is 2.88 bits per heavy atom. The van der Waals surface area contributed by atoms with Gasteiger partial charge in [-0.15, -0.1) is 4.98 Å². The van der Waals surface area contributed by atoms with E-state index in [9.17, 15) is 13.2 Å². The van der Waals surface area contributed by atoms with Gasteiger partial charge >= 0.3 is 16.2 Å². The van der Waals surface area contributed by atoms with E-state index < -0.39 is 16.2 Å². The molecule has 9 nitrogen and oxygen atoms in total. The van der Waals surface area contributed by atoms with Crippen LogP contribution in [0.4, 0.5) is 16.3 Å². The fraction of sp³-hybridized carbons (Fsp3) is 0.435. The quantitative estimate of drug-likeness (QED) is 0.675. The van der Waals surface area contributed by atoms with Gasteiger partial charge in [-0.1, -0.05) is 18.7 Å². The maximum atomic E-state index is 12.9. The highest BCUT2D eigenvalue weighted by Gasteiger charge is 2.44. The van der Waals surface area contributed by atoms with E-state index in [-0.39, 0.29) is 11.9 Å². The molecule has 2 aromatic rings. The molecule has 0 saturated carbocycles. The van der Waals surface area contributed by atoms with Crippen molar-refractivity contribution < 1.29 is 13.2 Å². The summed E-state index contributed by atoms with van der Waals surface area (Å²) in [6.07, 6.45) is 5.22. The van der Waals surface area contributed by atoms with Gasteiger partial charge in [-0.3, -0.25) is 0 Å². The molecule has 3 aliphatic rings. The maximum Gasteiger partial charge on any atom is 0.333 e. The van der Waals surface area contributed by atoms with E-state index in [1.807, 2.05) is 19.2 Å². The summed E-state index contributed by atoms with van der Waals surface area (Å²) in [5.41, 5.74) is 4.25. The van der Waals surface area contributed by atoms with E-state index in [0.717, 1.165) is 54.5 Å². The number of anilines is 1. The molecule has 2 N–H and O–H groups in total. The molecule has 33 heavy (non-hydrogen) atoms. The summed E-state index contributed by atoms with van der Waals surface area (Å²) in [6.45, 7) is 9.04. The number of likely N-dealkylation sites (tertiary alicyclic amines) is 1. The SMILES string of the molecule is [C-]#[N+]c1cc(-c2ccc3c(c2NC(=O)NS(=O)(=O)N2CC4CCN(C)C4C2)CCC3)ccn1. The van der Waals surface area contributed by atoms with Crippen molar-refractivity contribution in [2.75, 3.05) is 32.0 Å². The third-order valence-corrected chi connectivity index (χ3v) is 8.47. The van der Waals surface area contributed by atoms with Crippen LogP contribution < -0.4 is 10.0 Å². The molecule has 1 aromatic heterocycles. The minimum atomic E-state index is -3.95. The fourth-order valence-corrected chi connectivity index (χ4v) is 6.50. The van der Waals surface area contributed by atoms with Crippen molar-refractivity contribution in [2.24, 2.45) is 5.92 Å². The van der Waals surface area contributed by atoms with Gasteiger partial charge < -0.3 is 15.1 Å². The molecule has 2 atom stereocenters. The number of carbonyl (C=O) groups excluding carboxylic acids is 1. The Morgan fingerprint density at radius 2 is 2.09 bits per heavy atom. The zero-order valence-electron chi connectivity index (χ0n) is 18.4. The van der Waals surface area contributed by atoms with Crippen molar-refractivity contribution in [3.05, 3.63) is 53.0 Å². The van der Waals surface area contributed by atoms with Gasteiger partial charge in [-0.2, -0.15) is 12.7 Å². The summed E-state index contributed by atoms with van der Waals surface area (Å²) >= 11 is 0. The third-order valence-electron chi connectivity index (χ3n) is 7.05. The number of pyridine rings is 1. The number of aromatic nitrogens is 1. The number of likely N-dealkylation sites (N-methyl/N-ethyl adjacent to an activating group) is 1. The van der Waals surface area contributed by atoms with Crippen LogP contribution in [0.2, 0.25) is 0 Å². The predicted octanol–water partition coefficient (Wildman–Crippen LogP) is 2.79. The van der Waals surface area contributed by atoms with Gasteiger partial charge in [0, 0.05) is 24.7 Å². The number of nitrogens with one attached hydrogen (secondary N) is 2. The number of fused-ring (bicyclic) bond motifs is 2. The van der Waals surface area contributed by atoms with Crippen molar-refractivity contribution in [3.8, 4) is 11.1 Å². The van der Waals surface area contributed by atoms with Crippen LogP contribution in [0.3, 0.4) is 0 Å². The summed E-state index contributed by atoms with van der Waals surface area (Å²) in [5, 5.41) is 2.82. The van der Waals surface area contributed by atoms with Gasteiger partial charge in [-0.25, -0.2) is 9.52 Å². The molecule has 0 spiro atoms. The number of carbonyl (C=O) groups is 1. The Balaban J connectivity index is 1.39. The first-order valence-electron chi connectivity index (χ1n) is 11.1. The lowest BCUT2D eigenvalue weighted by molar-refractivity contribution is 0.255. The van der Waals surface area contributed by atoms with Crippen molar-refractivity contribution in [3.63, 3.8) is 0 Å². The van der Waals surface area contributed by atoms with Crippen molar-refractivity contribution >= 4 is 27.7 Å². The highest BCUT2D eigenvalue weighted by molar-refractivity contribution is 7.87. The molecule has 1 aliphatic carbocycles. The van der Waals surface area contributed by atoms with Crippen molar-refractivity contribution in [2.45, 2.75) is 31.7 Å².